The van der Waals surface area contributed by atoms with Gasteiger partial charge in [-0.2, -0.15) is 0 Å². The predicted octanol–water partition coefficient (Wildman–Crippen LogP) is 3.56. The summed E-state index contributed by atoms with van der Waals surface area (Å²) >= 11 is 3.04. The van der Waals surface area contributed by atoms with Crippen molar-refractivity contribution in [2.75, 3.05) is 7.11 Å². The lowest BCUT2D eigenvalue weighted by Gasteiger charge is -2.08. The Morgan fingerprint density at radius 3 is 2.84 bits per heavy atom. The number of methoxy groups -OCH3 is 1. The van der Waals surface area contributed by atoms with E-state index in [0.29, 0.717) is 4.47 Å². The lowest BCUT2D eigenvalue weighted by Crippen LogP contribution is -2.04. The van der Waals surface area contributed by atoms with E-state index < -0.39 is 11.8 Å². The molecule has 0 spiro atoms. The molecule has 0 saturated heterocycles. The first kappa shape index (κ1) is 13.5. The highest BCUT2D eigenvalue weighted by Gasteiger charge is 2.14. The van der Waals surface area contributed by atoms with Gasteiger partial charge in [-0.1, -0.05) is 0 Å². The minimum Gasteiger partial charge on any atom is -0.465 e. The number of nitrogens with zero attached hydrogens (tertiary/aromatic N) is 1. The molecule has 0 bridgehead atoms. The van der Waals surface area contributed by atoms with Crippen LogP contribution in [0.15, 0.2) is 41.0 Å². The van der Waals surface area contributed by atoms with Crippen molar-refractivity contribution in [3.63, 3.8) is 0 Å². The number of benzene rings is 1. The number of carbonyl (C=O) groups excluding carboxylic acids is 1. The molecule has 1 aromatic carbocycles. The van der Waals surface area contributed by atoms with Gasteiger partial charge in [-0.3, -0.25) is 0 Å². The summed E-state index contributed by atoms with van der Waals surface area (Å²) in [5, 5.41) is 0. The summed E-state index contributed by atoms with van der Waals surface area (Å²) in [7, 11) is 1.26. The van der Waals surface area contributed by atoms with Crippen molar-refractivity contribution in [1.29, 1.82) is 0 Å². The number of esters is 1. The molecule has 4 nitrogen and oxygen atoms in total. The maximum Gasteiger partial charge on any atom is 0.343 e. The second-order valence-electron chi connectivity index (χ2n) is 3.53. The van der Waals surface area contributed by atoms with Gasteiger partial charge in [0.2, 0.25) is 5.88 Å². The van der Waals surface area contributed by atoms with Crippen molar-refractivity contribution in [1.82, 2.24) is 4.98 Å². The number of pyridine rings is 1. The molecule has 0 atom stereocenters. The molecule has 0 N–H and O–H groups in total. The van der Waals surface area contributed by atoms with E-state index in [1.807, 2.05) is 0 Å². The molecule has 2 aromatic rings. The standard InChI is InChI=1S/C13H9BrFNO3/c1-18-13(17)9-3-2-6-16-12(9)19-8-4-5-10(14)11(15)7-8/h2-7H,1H3. The largest absolute Gasteiger partial charge is 0.465 e. The second kappa shape index (κ2) is 5.79. The Morgan fingerprint density at radius 1 is 1.37 bits per heavy atom. The number of aromatic nitrogens is 1. The Morgan fingerprint density at radius 2 is 2.16 bits per heavy atom. The third kappa shape index (κ3) is 3.08. The molecule has 2 rings (SSSR count). The zero-order valence-electron chi connectivity index (χ0n) is 9.89. The molecular formula is C13H9BrFNO3. The van der Waals surface area contributed by atoms with Crippen molar-refractivity contribution >= 4 is 21.9 Å². The van der Waals surface area contributed by atoms with E-state index in [9.17, 15) is 9.18 Å². The van der Waals surface area contributed by atoms with E-state index in [1.165, 1.54) is 31.5 Å². The van der Waals surface area contributed by atoms with Crippen LogP contribution in [0.4, 0.5) is 4.39 Å². The van der Waals surface area contributed by atoms with Crippen LogP contribution in [0.1, 0.15) is 10.4 Å². The van der Waals surface area contributed by atoms with Crippen LogP contribution in [0.3, 0.4) is 0 Å². The number of rotatable bonds is 3. The minimum atomic E-state index is -0.569. The Balaban J connectivity index is 2.32. The van der Waals surface area contributed by atoms with Crippen LogP contribution in [0.2, 0.25) is 0 Å². The highest BCUT2D eigenvalue weighted by molar-refractivity contribution is 9.10. The maximum atomic E-state index is 13.4. The quantitative estimate of drug-likeness (QED) is 0.809. The average molecular weight is 326 g/mol. The number of ether oxygens (including phenoxy) is 2. The molecule has 0 aliphatic rings. The number of halogens is 2. The fraction of sp³-hybridized carbons (Fsp3) is 0.0769. The normalized spacial score (nSPS) is 10.1. The first-order chi connectivity index (χ1) is 9.11. The monoisotopic (exact) mass is 325 g/mol. The predicted molar refractivity (Wildman–Crippen MR) is 69.8 cm³/mol. The fourth-order valence-corrected chi connectivity index (χ4v) is 1.64. The van der Waals surface area contributed by atoms with Crippen LogP contribution in [-0.4, -0.2) is 18.1 Å². The van der Waals surface area contributed by atoms with E-state index in [0.717, 1.165) is 0 Å². The van der Waals surface area contributed by atoms with Gasteiger partial charge in [0.15, 0.2) is 0 Å². The molecule has 19 heavy (non-hydrogen) atoms. The summed E-state index contributed by atoms with van der Waals surface area (Å²) in [5.74, 6) is -0.727. The van der Waals surface area contributed by atoms with Crippen molar-refractivity contribution in [2.45, 2.75) is 0 Å². The third-order valence-corrected chi connectivity index (χ3v) is 2.93. The molecule has 0 saturated carbocycles. The van der Waals surface area contributed by atoms with E-state index in [2.05, 4.69) is 25.7 Å². The first-order valence-corrected chi connectivity index (χ1v) is 6.07. The van der Waals surface area contributed by atoms with Crippen LogP contribution in [0.25, 0.3) is 0 Å². The number of carbonyl (C=O) groups is 1. The molecular weight excluding hydrogens is 317 g/mol. The summed E-state index contributed by atoms with van der Waals surface area (Å²) < 4.78 is 23.7. The molecule has 0 amide bonds. The molecule has 0 radical (unpaired) electrons. The van der Waals surface area contributed by atoms with Gasteiger partial charge in [-0.05, 0) is 40.2 Å². The molecule has 1 aromatic heterocycles. The van der Waals surface area contributed by atoms with E-state index >= 15 is 0 Å². The zero-order chi connectivity index (χ0) is 13.8. The third-order valence-electron chi connectivity index (χ3n) is 2.28. The van der Waals surface area contributed by atoms with Crippen molar-refractivity contribution in [3.05, 3.63) is 52.4 Å². The van der Waals surface area contributed by atoms with E-state index in [1.54, 1.807) is 12.1 Å². The summed E-state index contributed by atoms with van der Waals surface area (Å²) in [6.45, 7) is 0. The molecule has 98 valence electrons. The van der Waals surface area contributed by atoms with Gasteiger partial charge >= 0.3 is 5.97 Å². The summed E-state index contributed by atoms with van der Waals surface area (Å²) in [4.78, 5) is 15.5. The van der Waals surface area contributed by atoms with Crippen LogP contribution in [0, 0.1) is 5.82 Å². The van der Waals surface area contributed by atoms with Crippen molar-refractivity contribution < 1.29 is 18.7 Å². The first-order valence-electron chi connectivity index (χ1n) is 5.28. The molecule has 1 heterocycles. The van der Waals surface area contributed by atoms with Gasteiger partial charge < -0.3 is 9.47 Å². The van der Waals surface area contributed by atoms with Gasteiger partial charge in [0.1, 0.15) is 17.1 Å². The molecule has 0 aliphatic carbocycles. The lowest BCUT2D eigenvalue weighted by molar-refractivity contribution is 0.0597. The molecule has 0 fully saturated rings. The van der Waals surface area contributed by atoms with Crippen LogP contribution in [0.5, 0.6) is 11.6 Å². The van der Waals surface area contributed by atoms with Crippen molar-refractivity contribution in [3.8, 4) is 11.6 Å². The Bertz CT molecular complexity index is 619. The van der Waals surface area contributed by atoms with Gasteiger partial charge in [0.25, 0.3) is 0 Å². The summed E-state index contributed by atoms with van der Waals surface area (Å²) in [5.41, 5.74) is 0.174. The fourth-order valence-electron chi connectivity index (χ4n) is 1.39. The van der Waals surface area contributed by atoms with Gasteiger partial charge in [-0.15, -0.1) is 0 Å². The average Bonchev–Trinajstić information content (AvgIpc) is 2.43. The smallest absolute Gasteiger partial charge is 0.343 e. The Hall–Kier alpha value is -1.95. The topological polar surface area (TPSA) is 48.4 Å². The zero-order valence-corrected chi connectivity index (χ0v) is 11.5. The highest BCUT2D eigenvalue weighted by atomic mass is 79.9. The summed E-state index contributed by atoms with van der Waals surface area (Å²) in [6.07, 6.45) is 1.47. The molecule has 0 aliphatic heterocycles. The SMILES string of the molecule is COC(=O)c1cccnc1Oc1ccc(Br)c(F)c1. The van der Waals surface area contributed by atoms with Gasteiger partial charge in [-0.25, -0.2) is 14.2 Å². The minimum absolute atomic E-state index is 0.0658. The molecule has 6 heteroatoms. The van der Waals surface area contributed by atoms with Crippen LogP contribution in [-0.2, 0) is 4.74 Å². The maximum absolute atomic E-state index is 13.4. The van der Waals surface area contributed by atoms with Crippen LogP contribution < -0.4 is 4.74 Å². The Labute approximate surface area is 117 Å². The van der Waals surface area contributed by atoms with Crippen molar-refractivity contribution in [2.24, 2.45) is 0 Å². The second-order valence-corrected chi connectivity index (χ2v) is 4.38. The number of hydrogen-bond donors (Lipinski definition) is 0. The van der Waals surface area contributed by atoms with Gasteiger partial charge in [0, 0.05) is 12.3 Å². The Kier molecular flexibility index (Phi) is 4.11. The highest BCUT2D eigenvalue weighted by Crippen LogP contribution is 2.26. The van der Waals surface area contributed by atoms with E-state index in [4.69, 9.17) is 4.74 Å². The van der Waals surface area contributed by atoms with E-state index in [-0.39, 0.29) is 17.2 Å². The molecule has 0 unspecified atom stereocenters. The van der Waals surface area contributed by atoms with Gasteiger partial charge in [0.05, 0.1) is 11.6 Å². The number of hydrogen-bond acceptors (Lipinski definition) is 4. The van der Waals surface area contributed by atoms with Crippen LogP contribution >= 0.6 is 15.9 Å². The summed E-state index contributed by atoms with van der Waals surface area (Å²) in [6, 6.07) is 7.36. The lowest BCUT2D eigenvalue weighted by atomic mass is 10.2.